The van der Waals surface area contributed by atoms with Gasteiger partial charge in [0.25, 0.3) is 0 Å². The summed E-state index contributed by atoms with van der Waals surface area (Å²) in [6.07, 6.45) is 0.870. The fourth-order valence-corrected chi connectivity index (χ4v) is 5.15. The molecule has 0 aliphatic rings. The van der Waals surface area contributed by atoms with Gasteiger partial charge in [0.2, 0.25) is 0 Å². The highest BCUT2D eigenvalue weighted by atomic mass is 32.2. The second kappa shape index (κ2) is 13.5. The summed E-state index contributed by atoms with van der Waals surface area (Å²) in [5, 5.41) is 0. The molecule has 0 bridgehead atoms. The first kappa shape index (κ1) is 31.7. The van der Waals surface area contributed by atoms with E-state index in [0.29, 0.717) is 11.0 Å². The number of ether oxygens (including phenoxy) is 1. The molecule has 0 fully saturated rings. The molecule has 1 aromatic carbocycles. The van der Waals surface area contributed by atoms with Crippen molar-refractivity contribution in [1.29, 1.82) is 0 Å². The Kier molecular flexibility index (Phi) is 13.0. The van der Waals surface area contributed by atoms with Gasteiger partial charge in [-0.25, -0.2) is 13.2 Å². The molecule has 1 unspecified atom stereocenters. The van der Waals surface area contributed by atoms with Crippen LogP contribution in [0.15, 0.2) is 29.2 Å². The van der Waals surface area contributed by atoms with Crippen LogP contribution in [0.25, 0.3) is 0 Å². The Bertz CT molecular complexity index is 812. The number of rotatable bonds is 11. The van der Waals surface area contributed by atoms with Gasteiger partial charge in [-0.2, -0.15) is 0 Å². The average molecular weight is 508 g/mol. The van der Waals surface area contributed by atoms with E-state index in [4.69, 9.17) is 18.0 Å². The van der Waals surface area contributed by atoms with Crippen molar-refractivity contribution in [3.05, 3.63) is 29.8 Å². The normalized spacial score (nSPS) is 14.1. The summed E-state index contributed by atoms with van der Waals surface area (Å²) in [7, 11) is 0.122. The molecule has 1 aromatic rings. The molecule has 9 nitrogen and oxygen atoms in total. The highest BCUT2D eigenvalue weighted by Crippen LogP contribution is 2.18. The van der Waals surface area contributed by atoms with Gasteiger partial charge in [-0.1, -0.05) is 17.7 Å². The lowest BCUT2D eigenvalue weighted by Gasteiger charge is -2.34. The number of aryl methyl sites for hydroxylation is 1. The molecule has 0 aliphatic heterocycles. The molecular formula is C22H41NO8SSi. The fraction of sp³-hybridized carbons (Fsp3) is 0.682. The number of likely N-dealkylation sites (N-methyl/N-ethyl adjacent to an activating group) is 1. The van der Waals surface area contributed by atoms with Crippen molar-refractivity contribution in [1.82, 2.24) is 0 Å². The van der Waals surface area contributed by atoms with E-state index < -0.39 is 24.5 Å². The standard InChI is InChI=1S/C15H34NO5Si.C7H8O3S/c1-9-16(5,13-14(17)21-15(2,3)4)11-10-12-22(18-6,19-7)20-8;1-6-2-4-7(5-3-6)11(8,9)10/h9-13H2,1-8H3;2-5H,1H3,(H,8,9,10)/q+1;/p-1. The van der Waals surface area contributed by atoms with E-state index in [1.165, 1.54) is 12.1 Å². The summed E-state index contributed by atoms with van der Waals surface area (Å²) in [6.45, 7) is 11.6. The van der Waals surface area contributed by atoms with E-state index in [9.17, 15) is 17.8 Å². The second-order valence-corrected chi connectivity index (χ2v) is 13.5. The predicted molar refractivity (Wildman–Crippen MR) is 128 cm³/mol. The van der Waals surface area contributed by atoms with Gasteiger partial charge in [0.05, 0.1) is 25.0 Å². The summed E-state index contributed by atoms with van der Waals surface area (Å²) in [5.41, 5.74) is 0.484. The average Bonchev–Trinajstić information content (AvgIpc) is 2.70. The van der Waals surface area contributed by atoms with Crippen molar-refractivity contribution in [2.24, 2.45) is 0 Å². The Morgan fingerprint density at radius 1 is 1.06 bits per heavy atom. The van der Waals surface area contributed by atoms with Crippen molar-refractivity contribution in [2.45, 2.75) is 57.6 Å². The lowest BCUT2D eigenvalue weighted by molar-refractivity contribution is -0.900. The topological polar surface area (TPSA) is 111 Å². The van der Waals surface area contributed by atoms with Crippen LogP contribution >= 0.6 is 0 Å². The molecule has 0 amide bonds. The van der Waals surface area contributed by atoms with Crippen LogP contribution in [-0.4, -0.2) is 85.8 Å². The van der Waals surface area contributed by atoms with Gasteiger partial charge < -0.3 is 27.1 Å². The second-order valence-electron chi connectivity index (χ2n) is 9.07. The van der Waals surface area contributed by atoms with E-state index >= 15 is 0 Å². The first-order valence-corrected chi connectivity index (χ1v) is 14.1. The third-order valence-corrected chi connectivity index (χ3v) is 8.80. The Morgan fingerprint density at radius 3 is 1.91 bits per heavy atom. The molecule has 1 rings (SSSR count). The molecule has 0 heterocycles. The van der Waals surface area contributed by atoms with Crippen LogP contribution in [-0.2, 0) is 32.9 Å². The van der Waals surface area contributed by atoms with Gasteiger partial charge in [0.15, 0.2) is 6.54 Å². The summed E-state index contributed by atoms with van der Waals surface area (Å²) in [5.74, 6) is -0.161. The SMILES string of the molecule is CC[N+](C)(CCC[Si](OC)(OC)OC)CC(=O)OC(C)(C)C.Cc1ccc(S(=O)(=O)[O-])cc1. The van der Waals surface area contributed by atoms with Crippen LogP contribution in [0.2, 0.25) is 6.04 Å². The highest BCUT2D eigenvalue weighted by molar-refractivity contribution is 7.85. The number of hydrogen-bond acceptors (Lipinski definition) is 8. The fourth-order valence-electron chi connectivity index (χ4n) is 2.97. The molecule has 0 saturated heterocycles. The van der Waals surface area contributed by atoms with E-state index in [2.05, 4.69) is 14.0 Å². The lowest BCUT2D eigenvalue weighted by Crippen LogP contribution is -2.50. The molecule has 0 radical (unpaired) electrons. The zero-order chi connectivity index (χ0) is 25.9. The Morgan fingerprint density at radius 2 is 1.55 bits per heavy atom. The van der Waals surface area contributed by atoms with Crippen molar-refractivity contribution in [2.75, 3.05) is 48.0 Å². The number of nitrogens with zero attached hydrogens (tertiary/aromatic N) is 1. The van der Waals surface area contributed by atoms with Crippen molar-refractivity contribution in [3.8, 4) is 0 Å². The molecular weight excluding hydrogens is 466 g/mol. The zero-order valence-corrected chi connectivity index (χ0v) is 23.3. The molecule has 11 heteroatoms. The van der Waals surface area contributed by atoms with E-state index in [0.717, 1.165) is 31.1 Å². The third-order valence-electron chi connectivity index (χ3n) is 5.12. The summed E-state index contributed by atoms with van der Waals surface area (Å²) >= 11 is 0. The van der Waals surface area contributed by atoms with Crippen LogP contribution in [0.3, 0.4) is 0 Å². The van der Waals surface area contributed by atoms with Gasteiger partial charge in [-0.15, -0.1) is 0 Å². The molecule has 192 valence electrons. The van der Waals surface area contributed by atoms with E-state index in [1.54, 1.807) is 33.5 Å². The summed E-state index contributed by atoms with van der Waals surface area (Å²) in [6, 6.07) is 6.52. The van der Waals surface area contributed by atoms with Gasteiger partial charge >= 0.3 is 14.8 Å². The van der Waals surface area contributed by atoms with Crippen LogP contribution in [0, 0.1) is 6.92 Å². The Balaban J connectivity index is 0.000000771. The third kappa shape index (κ3) is 12.6. The van der Waals surface area contributed by atoms with Crippen LogP contribution in [0.5, 0.6) is 0 Å². The maximum Gasteiger partial charge on any atom is 0.500 e. The maximum absolute atomic E-state index is 12.1. The minimum Gasteiger partial charge on any atom is -0.744 e. The molecule has 0 spiro atoms. The number of benzene rings is 1. The largest absolute Gasteiger partial charge is 0.744 e. The molecule has 0 aliphatic carbocycles. The van der Waals surface area contributed by atoms with Crippen molar-refractivity contribution < 1.29 is 40.3 Å². The number of esters is 1. The number of carbonyl (C=O) groups excluding carboxylic acids is 1. The minimum absolute atomic E-state index is 0.161. The van der Waals surface area contributed by atoms with E-state index in [-0.39, 0.29) is 10.9 Å². The van der Waals surface area contributed by atoms with Gasteiger partial charge in [-0.3, -0.25) is 0 Å². The lowest BCUT2D eigenvalue weighted by atomic mass is 10.2. The summed E-state index contributed by atoms with van der Waals surface area (Å²) in [4.78, 5) is 11.9. The quantitative estimate of drug-likeness (QED) is 0.195. The van der Waals surface area contributed by atoms with Gasteiger partial charge in [0, 0.05) is 33.8 Å². The zero-order valence-electron chi connectivity index (χ0n) is 21.5. The van der Waals surface area contributed by atoms with Crippen LogP contribution in [0.1, 0.15) is 39.7 Å². The number of carbonyl (C=O) groups is 1. The van der Waals surface area contributed by atoms with Gasteiger partial charge in [0.1, 0.15) is 15.7 Å². The number of quaternary nitrogens is 1. The van der Waals surface area contributed by atoms with Gasteiger partial charge in [-0.05, 0) is 46.8 Å². The Hall–Kier alpha value is -1.34. The first-order valence-electron chi connectivity index (χ1n) is 10.8. The maximum atomic E-state index is 12.1. The smallest absolute Gasteiger partial charge is 0.500 e. The van der Waals surface area contributed by atoms with E-state index in [1.807, 2.05) is 27.7 Å². The number of hydrogen-bond donors (Lipinski definition) is 0. The molecule has 1 atom stereocenters. The minimum atomic E-state index is -4.27. The molecule has 0 aromatic heterocycles. The molecule has 33 heavy (non-hydrogen) atoms. The first-order chi connectivity index (χ1) is 15.0. The summed E-state index contributed by atoms with van der Waals surface area (Å²) < 4.78 is 53.5. The monoisotopic (exact) mass is 507 g/mol. The van der Waals surface area contributed by atoms with Crippen LogP contribution < -0.4 is 0 Å². The Labute approximate surface area is 200 Å². The van der Waals surface area contributed by atoms with Crippen molar-refractivity contribution in [3.63, 3.8) is 0 Å². The van der Waals surface area contributed by atoms with Crippen molar-refractivity contribution >= 4 is 24.9 Å². The highest BCUT2D eigenvalue weighted by Gasteiger charge is 2.38. The molecule has 0 N–H and O–H groups in total. The predicted octanol–water partition coefficient (Wildman–Crippen LogP) is 2.96. The van der Waals surface area contributed by atoms with Crippen LogP contribution in [0.4, 0.5) is 0 Å². The molecule has 0 saturated carbocycles.